The molecule has 0 aliphatic carbocycles. The number of carbonyl (C=O) groups is 1. The molecule has 0 N–H and O–H groups in total. The summed E-state index contributed by atoms with van der Waals surface area (Å²) in [4.78, 5) is 20.5. The molecule has 4 rings (SSSR count). The van der Waals surface area contributed by atoms with E-state index in [1.165, 1.54) is 11.3 Å². The monoisotopic (exact) mass is 358 g/mol. The predicted octanol–water partition coefficient (Wildman–Crippen LogP) is 5.01. The summed E-state index contributed by atoms with van der Waals surface area (Å²) >= 11 is 4.99. The lowest BCUT2D eigenvalue weighted by atomic mass is 10.2. The van der Waals surface area contributed by atoms with Gasteiger partial charge in [0, 0.05) is 33.0 Å². The zero-order valence-electron chi connectivity index (χ0n) is 12.4. The zero-order valence-corrected chi connectivity index (χ0v) is 14.9. The van der Waals surface area contributed by atoms with Crippen LogP contribution in [0.15, 0.2) is 51.4 Å². The van der Waals surface area contributed by atoms with Crippen LogP contribution in [0.3, 0.4) is 0 Å². The van der Waals surface area contributed by atoms with Gasteiger partial charge in [-0.2, -0.15) is 11.3 Å². The summed E-state index contributed by atoms with van der Waals surface area (Å²) in [6.07, 6.45) is 0. The Balaban J connectivity index is 1.67. The van der Waals surface area contributed by atoms with Crippen LogP contribution in [-0.4, -0.2) is 22.7 Å². The van der Waals surface area contributed by atoms with E-state index in [-0.39, 0.29) is 5.91 Å². The maximum absolute atomic E-state index is 13.0. The highest BCUT2D eigenvalue weighted by Crippen LogP contribution is 2.39. The summed E-state index contributed by atoms with van der Waals surface area (Å²) in [5, 5.41) is 7.23. The van der Waals surface area contributed by atoms with Crippen molar-refractivity contribution < 1.29 is 4.79 Å². The lowest BCUT2D eigenvalue weighted by Crippen LogP contribution is -2.38. The van der Waals surface area contributed by atoms with Crippen molar-refractivity contribution in [2.75, 3.05) is 11.4 Å². The van der Waals surface area contributed by atoms with Gasteiger partial charge in [-0.3, -0.25) is 4.79 Å². The van der Waals surface area contributed by atoms with E-state index in [9.17, 15) is 4.79 Å². The van der Waals surface area contributed by atoms with Crippen molar-refractivity contribution in [1.82, 2.24) is 4.98 Å². The molecular weight excluding hydrogens is 344 g/mol. The topological polar surface area (TPSA) is 33.2 Å². The number of thiophene rings is 1. The van der Waals surface area contributed by atoms with Crippen LogP contribution in [0.2, 0.25) is 0 Å². The number of hydrogen-bond acceptors (Lipinski definition) is 5. The normalized spacial score (nSPS) is 17.1. The standard InChI is InChI=1S/C17H14N2OS3/c1-11-8-19(14-4-2-3-5-15(14)23-11)17(20)13-10-22-16(18-13)12-6-7-21-9-12/h2-7,9-11H,8H2,1H3/t11-/m1/s1. The minimum absolute atomic E-state index is 0.0117. The van der Waals surface area contributed by atoms with Gasteiger partial charge < -0.3 is 4.90 Å². The molecule has 0 unspecified atom stereocenters. The van der Waals surface area contributed by atoms with Crippen molar-refractivity contribution in [2.45, 2.75) is 17.1 Å². The number of thiazole rings is 1. The molecule has 0 spiro atoms. The maximum atomic E-state index is 13.0. The van der Waals surface area contributed by atoms with Gasteiger partial charge in [-0.25, -0.2) is 4.98 Å². The minimum Gasteiger partial charge on any atom is -0.305 e. The molecule has 23 heavy (non-hydrogen) atoms. The number of nitrogens with zero attached hydrogens (tertiary/aromatic N) is 2. The second kappa shape index (κ2) is 6.11. The largest absolute Gasteiger partial charge is 0.305 e. The van der Waals surface area contributed by atoms with E-state index >= 15 is 0 Å². The average molecular weight is 359 g/mol. The number of rotatable bonds is 2. The first-order valence-electron chi connectivity index (χ1n) is 7.28. The maximum Gasteiger partial charge on any atom is 0.277 e. The molecule has 2 aromatic heterocycles. The Morgan fingerprint density at radius 2 is 2.13 bits per heavy atom. The highest BCUT2D eigenvalue weighted by molar-refractivity contribution is 8.00. The zero-order chi connectivity index (χ0) is 15.8. The first kappa shape index (κ1) is 14.9. The van der Waals surface area contributed by atoms with Gasteiger partial charge in [-0.05, 0) is 23.6 Å². The fourth-order valence-corrected chi connectivity index (χ4v) is 5.23. The van der Waals surface area contributed by atoms with E-state index in [0.717, 1.165) is 21.2 Å². The van der Waals surface area contributed by atoms with E-state index in [1.54, 1.807) is 11.3 Å². The summed E-state index contributed by atoms with van der Waals surface area (Å²) < 4.78 is 0. The molecule has 1 atom stereocenters. The lowest BCUT2D eigenvalue weighted by molar-refractivity contribution is 0.0982. The van der Waals surface area contributed by atoms with Gasteiger partial charge in [0.25, 0.3) is 5.91 Å². The molecule has 1 aliphatic rings. The number of anilines is 1. The van der Waals surface area contributed by atoms with E-state index in [2.05, 4.69) is 23.4 Å². The molecule has 0 bridgehead atoms. The third-order valence-electron chi connectivity index (χ3n) is 3.66. The number of carbonyl (C=O) groups excluding carboxylic acids is 1. The van der Waals surface area contributed by atoms with Gasteiger partial charge in [0.1, 0.15) is 10.7 Å². The first-order valence-corrected chi connectivity index (χ1v) is 9.98. The van der Waals surface area contributed by atoms with Crippen molar-refractivity contribution in [3.8, 4) is 10.6 Å². The van der Waals surface area contributed by atoms with Gasteiger partial charge in [0.05, 0.1) is 5.69 Å². The number of aromatic nitrogens is 1. The second-order valence-corrected chi connectivity index (χ2v) is 8.48. The van der Waals surface area contributed by atoms with Gasteiger partial charge in [-0.1, -0.05) is 19.1 Å². The molecule has 0 saturated heterocycles. The quantitative estimate of drug-likeness (QED) is 0.645. The SMILES string of the molecule is C[C@@H]1CN(C(=O)c2csc(-c3ccsc3)n2)c2ccccc2S1. The Morgan fingerprint density at radius 3 is 2.96 bits per heavy atom. The highest BCUT2D eigenvalue weighted by Gasteiger charge is 2.28. The highest BCUT2D eigenvalue weighted by atomic mass is 32.2. The molecule has 1 amide bonds. The number of amides is 1. The summed E-state index contributed by atoms with van der Waals surface area (Å²) in [5.74, 6) is -0.0117. The van der Waals surface area contributed by atoms with Crippen molar-refractivity contribution in [1.29, 1.82) is 0 Å². The lowest BCUT2D eigenvalue weighted by Gasteiger charge is -2.32. The summed E-state index contributed by atoms with van der Waals surface area (Å²) in [7, 11) is 0. The van der Waals surface area contributed by atoms with Gasteiger partial charge in [0.15, 0.2) is 0 Å². The summed E-state index contributed by atoms with van der Waals surface area (Å²) in [5.41, 5.74) is 2.61. The Bertz CT molecular complexity index is 841. The fourth-order valence-electron chi connectivity index (χ4n) is 2.61. The fraction of sp³-hybridized carbons (Fsp3) is 0.176. The molecule has 3 aromatic rings. The number of para-hydroxylation sites is 1. The molecule has 6 heteroatoms. The van der Waals surface area contributed by atoms with Crippen molar-refractivity contribution >= 4 is 46.0 Å². The molecule has 0 radical (unpaired) electrons. The summed E-state index contributed by atoms with van der Waals surface area (Å²) in [6, 6.07) is 10.1. The van der Waals surface area contributed by atoms with E-state index in [4.69, 9.17) is 0 Å². The number of benzene rings is 1. The molecule has 1 aliphatic heterocycles. The van der Waals surface area contributed by atoms with Crippen LogP contribution >= 0.6 is 34.4 Å². The summed E-state index contributed by atoms with van der Waals surface area (Å²) in [6.45, 7) is 2.87. The van der Waals surface area contributed by atoms with Crippen molar-refractivity contribution in [3.63, 3.8) is 0 Å². The molecule has 1 aromatic carbocycles. The number of thioether (sulfide) groups is 1. The van der Waals surface area contributed by atoms with Crippen LogP contribution in [-0.2, 0) is 0 Å². The number of fused-ring (bicyclic) bond motifs is 1. The smallest absolute Gasteiger partial charge is 0.277 e. The first-order chi connectivity index (χ1) is 11.2. The Kier molecular flexibility index (Phi) is 3.97. The number of hydrogen-bond donors (Lipinski definition) is 0. The van der Waals surface area contributed by atoms with Crippen LogP contribution < -0.4 is 4.90 Å². The molecule has 3 heterocycles. The van der Waals surface area contributed by atoms with E-state index in [1.807, 2.05) is 51.7 Å². The molecule has 116 valence electrons. The Hall–Kier alpha value is -1.63. The Morgan fingerprint density at radius 1 is 1.26 bits per heavy atom. The molecular formula is C17H14N2OS3. The van der Waals surface area contributed by atoms with Crippen LogP contribution in [0.25, 0.3) is 10.6 Å². The van der Waals surface area contributed by atoms with Gasteiger partial charge >= 0.3 is 0 Å². The average Bonchev–Trinajstić information content (AvgIpc) is 3.24. The second-order valence-electron chi connectivity index (χ2n) is 5.36. The Labute approximate surface area is 147 Å². The predicted molar refractivity (Wildman–Crippen MR) is 98.9 cm³/mol. The van der Waals surface area contributed by atoms with E-state index < -0.39 is 0 Å². The third kappa shape index (κ3) is 2.82. The minimum atomic E-state index is -0.0117. The van der Waals surface area contributed by atoms with Crippen LogP contribution in [0.1, 0.15) is 17.4 Å². The molecule has 0 fully saturated rings. The van der Waals surface area contributed by atoms with Crippen molar-refractivity contribution in [3.05, 3.63) is 52.2 Å². The van der Waals surface area contributed by atoms with Gasteiger partial charge in [0.2, 0.25) is 0 Å². The van der Waals surface area contributed by atoms with E-state index in [0.29, 0.717) is 17.5 Å². The van der Waals surface area contributed by atoms with Crippen LogP contribution in [0, 0.1) is 0 Å². The third-order valence-corrected chi connectivity index (χ3v) is 6.39. The van der Waals surface area contributed by atoms with Crippen LogP contribution in [0.4, 0.5) is 5.69 Å². The van der Waals surface area contributed by atoms with Gasteiger partial charge in [-0.15, -0.1) is 23.1 Å². The van der Waals surface area contributed by atoms with Crippen molar-refractivity contribution in [2.24, 2.45) is 0 Å². The molecule has 3 nitrogen and oxygen atoms in total. The molecule has 0 saturated carbocycles. The van der Waals surface area contributed by atoms with Crippen LogP contribution in [0.5, 0.6) is 0 Å².